The first-order valence-corrected chi connectivity index (χ1v) is 8.79. The summed E-state index contributed by atoms with van der Waals surface area (Å²) in [6.07, 6.45) is 1.63. The maximum Gasteiger partial charge on any atom is 0.421 e. The van der Waals surface area contributed by atoms with Crippen molar-refractivity contribution in [3.8, 4) is 0 Å². The highest BCUT2D eigenvalue weighted by atomic mass is 19.4. The van der Waals surface area contributed by atoms with Gasteiger partial charge in [0.25, 0.3) is 0 Å². The van der Waals surface area contributed by atoms with E-state index in [9.17, 15) is 18.0 Å². The van der Waals surface area contributed by atoms with Gasteiger partial charge in [0.1, 0.15) is 11.4 Å². The summed E-state index contributed by atoms with van der Waals surface area (Å²) in [7, 11) is 0. The zero-order chi connectivity index (χ0) is 22.3. The fourth-order valence-corrected chi connectivity index (χ4v) is 2.36. The summed E-state index contributed by atoms with van der Waals surface area (Å²) < 4.78 is 40.2. The molecule has 0 unspecified atom stereocenters. The Kier molecular flexibility index (Phi) is 6.55. The molecule has 3 aromatic rings. The molecule has 3 rings (SSSR count). The number of hydrazone groups is 1. The molecule has 8 nitrogen and oxygen atoms in total. The quantitative estimate of drug-likeness (QED) is 0.297. The number of carbonyl (C=O) groups excluding carboxylic acids is 1. The predicted molar refractivity (Wildman–Crippen MR) is 111 cm³/mol. The number of carbonyl (C=O) groups is 1. The van der Waals surface area contributed by atoms with Crippen LogP contribution in [0.15, 0.2) is 72.7 Å². The van der Waals surface area contributed by atoms with Crippen LogP contribution in [-0.2, 0) is 11.0 Å². The molecule has 0 fully saturated rings. The van der Waals surface area contributed by atoms with Crippen LogP contribution in [-0.4, -0.2) is 27.1 Å². The van der Waals surface area contributed by atoms with E-state index in [4.69, 9.17) is 0 Å². The van der Waals surface area contributed by atoms with Crippen molar-refractivity contribution in [1.82, 2.24) is 15.0 Å². The molecule has 0 aliphatic rings. The Bertz CT molecular complexity index is 1100. The molecule has 2 aromatic heterocycles. The summed E-state index contributed by atoms with van der Waals surface area (Å²) in [5.74, 6) is -1.08. The van der Waals surface area contributed by atoms with Gasteiger partial charge in [-0.25, -0.2) is 10.4 Å². The normalized spacial score (nSPS) is 11.2. The van der Waals surface area contributed by atoms with E-state index in [1.54, 1.807) is 36.7 Å². The number of hydrogen-bond acceptors (Lipinski definition) is 7. The molecular formula is C20H16F3N7O. The van der Waals surface area contributed by atoms with Crippen molar-refractivity contribution in [3.05, 3.63) is 78.8 Å². The highest BCUT2D eigenvalue weighted by Crippen LogP contribution is 2.35. The largest absolute Gasteiger partial charge is 0.421 e. The number of nitrogens with one attached hydrogen (secondary N) is 3. The van der Waals surface area contributed by atoms with Gasteiger partial charge in [0.15, 0.2) is 0 Å². The molecule has 1 amide bonds. The number of nitrogens with zero attached hydrogens (tertiary/aromatic N) is 4. The molecule has 0 aliphatic carbocycles. The standard InChI is InChI=1S/C20H16F3N7O/c1-2-17(31)27-14-6-3-7-15(9-14)28-18-16(20(21,22)23)12-25-19(29-18)30-26-11-13-5-4-8-24-10-13/h2-12H,1H2,(H,27,31)(H2,25,28,29,30)/b26-11+. The van der Waals surface area contributed by atoms with Gasteiger partial charge in [-0.2, -0.15) is 23.3 Å². The van der Waals surface area contributed by atoms with Crippen LogP contribution in [0.5, 0.6) is 0 Å². The molecule has 2 heterocycles. The van der Waals surface area contributed by atoms with Crippen LogP contribution in [0.25, 0.3) is 0 Å². The van der Waals surface area contributed by atoms with E-state index in [2.05, 4.69) is 42.7 Å². The fourth-order valence-electron chi connectivity index (χ4n) is 2.36. The number of amides is 1. The van der Waals surface area contributed by atoms with Crippen LogP contribution < -0.4 is 16.1 Å². The van der Waals surface area contributed by atoms with Crippen LogP contribution in [0.3, 0.4) is 0 Å². The van der Waals surface area contributed by atoms with Crippen molar-refractivity contribution < 1.29 is 18.0 Å². The Labute approximate surface area is 175 Å². The smallest absolute Gasteiger partial charge is 0.339 e. The lowest BCUT2D eigenvalue weighted by molar-refractivity contribution is -0.137. The van der Waals surface area contributed by atoms with Crippen molar-refractivity contribution in [2.45, 2.75) is 6.18 Å². The third kappa shape index (κ3) is 6.10. The topological polar surface area (TPSA) is 104 Å². The van der Waals surface area contributed by atoms with Gasteiger partial charge < -0.3 is 10.6 Å². The number of anilines is 4. The first-order chi connectivity index (χ1) is 14.8. The highest BCUT2D eigenvalue weighted by Gasteiger charge is 2.35. The molecule has 11 heteroatoms. The minimum atomic E-state index is -4.69. The van der Waals surface area contributed by atoms with Crippen LogP contribution in [0.4, 0.5) is 36.3 Å². The van der Waals surface area contributed by atoms with Crippen LogP contribution in [0, 0.1) is 0 Å². The van der Waals surface area contributed by atoms with E-state index >= 15 is 0 Å². The number of benzene rings is 1. The number of halogens is 3. The summed E-state index contributed by atoms with van der Waals surface area (Å²) in [6.45, 7) is 3.35. The van der Waals surface area contributed by atoms with Gasteiger partial charge in [0, 0.05) is 35.5 Å². The second-order valence-corrected chi connectivity index (χ2v) is 6.01. The Morgan fingerprint density at radius 1 is 1.13 bits per heavy atom. The Balaban J connectivity index is 1.84. The van der Waals surface area contributed by atoms with E-state index in [0.717, 1.165) is 6.08 Å². The maximum absolute atomic E-state index is 13.4. The third-order valence-electron chi connectivity index (χ3n) is 3.73. The van der Waals surface area contributed by atoms with Gasteiger partial charge >= 0.3 is 6.18 Å². The van der Waals surface area contributed by atoms with E-state index in [1.807, 2.05) is 0 Å². The monoisotopic (exact) mass is 427 g/mol. The van der Waals surface area contributed by atoms with Crippen molar-refractivity contribution in [3.63, 3.8) is 0 Å². The van der Waals surface area contributed by atoms with E-state index < -0.39 is 23.5 Å². The SMILES string of the molecule is C=CC(=O)Nc1cccc(Nc2nc(N/N=C/c3cccnc3)ncc2C(F)(F)F)c1. The summed E-state index contributed by atoms with van der Waals surface area (Å²) in [4.78, 5) is 22.9. The van der Waals surface area contributed by atoms with Crippen molar-refractivity contribution in [1.29, 1.82) is 0 Å². The first kappa shape index (κ1) is 21.4. The minimum absolute atomic E-state index is 0.147. The molecule has 0 saturated carbocycles. The Morgan fingerprint density at radius 2 is 1.94 bits per heavy atom. The molecule has 0 atom stereocenters. The average molecular weight is 427 g/mol. The second kappa shape index (κ2) is 9.48. The number of aromatic nitrogens is 3. The molecule has 0 spiro atoms. The van der Waals surface area contributed by atoms with Crippen molar-refractivity contribution >= 4 is 35.3 Å². The number of rotatable bonds is 7. The van der Waals surface area contributed by atoms with Crippen LogP contribution in [0.2, 0.25) is 0 Å². The van der Waals surface area contributed by atoms with Gasteiger partial charge in [-0.3, -0.25) is 9.78 Å². The molecule has 0 bridgehead atoms. The average Bonchev–Trinajstić information content (AvgIpc) is 2.74. The summed E-state index contributed by atoms with van der Waals surface area (Å²) >= 11 is 0. The molecule has 0 saturated heterocycles. The van der Waals surface area contributed by atoms with Crippen LogP contribution in [0.1, 0.15) is 11.1 Å². The minimum Gasteiger partial charge on any atom is -0.339 e. The molecule has 0 radical (unpaired) electrons. The number of alkyl halides is 3. The van der Waals surface area contributed by atoms with Crippen molar-refractivity contribution in [2.24, 2.45) is 5.10 Å². The van der Waals surface area contributed by atoms with Gasteiger partial charge in [0.05, 0.1) is 6.21 Å². The van der Waals surface area contributed by atoms with Crippen molar-refractivity contribution in [2.75, 3.05) is 16.1 Å². The maximum atomic E-state index is 13.4. The van der Waals surface area contributed by atoms with Crippen LogP contribution >= 0.6 is 0 Å². The van der Waals surface area contributed by atoms with Gasteiger partial charge in [-0.15, -0.1) is 0 Å². The molecule has 0 aliphatic heterocycles. The molecule has 3 N–H and O–H groups in total. The van der Waals surface area contributed by atoms with Gasteiger partial charge in [-0.1, -0.05) is 18.7 Å². The first-order valence-electron chi connectivity index (χ1n) is 8.79. The van der Waals surface area contributed by atoms with E-state index in [0.29, 0.717) is 17.4 Å². The summed E-state index contributed by atoms with van der Waals surface area (Å²) in [5.41, 5.74) is 2.75. The Morgan fingerprint density at radius 3 is 2.65 bits per heavy atom. The number of pyridine rings is 1. The van der Waals surface area contributed by atoms with Gasteiger partial charge in [-0.05, 0) is 30.3 Å². The van der Waals surface area contributed by atoms with Gasteiger partial charge in [0.2, 0.25) is 11.9 Å². The highest BCUT2D eigenvalue weighted by molar-refractivity contribution is 5.99. The number of hydrogen-bond donors (Lipinski definition) is 3. The molecule has 1 aromatic carbocycles. The van der Waals surface area contributed by atoms with E-state index in [1.165, 1.54) is 18.3 Å². The fraction of sp³-hybridized carbons (Fsp3) is 0.0500. The predicted octanol–water partition coefficient (Wildman–Crippen LogP) is 4.20. The lowest BCUT2D eigenvalue weighted by atomic mass is 10.2. The third-order valence-corrected chi connectivity index (χ3v) is 3.73. The second-order valence-electron chi connectivity index (χ2n) is 6.01. The Hall–Kier alpha value is -4.28. The molecular weight excluding hydrogens is 411 g/mol. The zero-order valence-corrected chi connectivity index (χ0v) is 15.9. The zero-order valence-electron chi connectivity index (χ0n) is 15.9. The summed E-state index contributed by atoms with van der Waals surface area (Å²) in [5, 5.41) is 9.04. The molecule has 158 valence electrons. The summed E-state index contributed by atoms with van der Waals surface area (Å²) in [6, 6.07) is 9.58. The van der Waals surface area contributed by atoms with E-state index in [-0.39, 0.29) is 11.6 Å². The lowest BCUT2D eigenvalue weighted by Gasteiger charge is -2.14. The molecule has 31 heavy (non-hydrogen) atoms. The lowest BCUT2D eigenvalue weighted by Crippen LogP contribution is -2.13.